The molecule has 0 bridgehead atoms. The van der Waals surface area contributed by atoms with E-state index < -0.39 is 0 Å². The lowest BCUT2D eigenvalue weighted by atomic mass is 10.1. The fourth-order valence-corrected chi connectivity index (χ4v) is 2.46. The molecule has 0 fully saturated rings. The van der Waals surface area contributed by atoms with E-state index in [0.29, 0.717) is 6.04 Å². The van der Waals surface area contributed by atoms with Crippen molar-refractivity contribution < 1.29 is 4.79 Å². The maximum absolute atomic E-state index is 12.5. The van der Waals surface area contributed by atoms with Crippen LogP contribution in [0, 0.1) is 6.92 Å². The molecule has 0 aliphatic heterocycles. The highest BCUT2D eigenvalue weighted by Gasteiger charge is 2.18. The van der Waals surface area contributed by atoms with Crippen LogP contribution in [0.3, 0.4) is 0 Å². The summed E-state index contributed by atoms with van der Waals surface area (Å²) >= 11 is 0. The Kier molecular flexibility index (Phi) is 6.56. The van der Waals surface area contributed by atoms with Crippen molar-refractivity contribution in [2.45, 2.75) is 53.0 Å². The van der Waals surface area contributed by atoms with Crippen LogP contribution in [-0.2, 0) is 0 Å². The fraction of sp³-hybridized carbons (Fsp3) is 0.588. The molecule has 0 atom stereocenters. The zero-order valence-corrected chi connectivity index (χ0v) is 13.5. The molecule has 0 radical (unpaired) electrons. The predicted octanol–water partition coefficient (Wildman–Crippen LogP) is 4.08. The molecule has 1 N–H and O–H groups in total. The van der Waals surface area contributed by atoms with Crippen LogP contribution in [0.1, 0.15) is 56.0 Å². The number of aryl methyl sites for hydroxylation is 1. The van der Waals surface area contributed by atoms with Gasteiger partial charge >= 0.3 is 0 Å². The van der Waals surface area contributed by atoms with Crippen molar-refractivity contribution in [3.63, 3.8) is 0 Å². The third-order valence-electron chi connectivity index (χ3n) is 3.85. The molecule has 0 saturated carbocycles. The van der Waals surface area contributed by atoms with E-state index in [2.05, 4.69) is 26.1 Å². The summed E-state index contributed by atoms with van der Waals surface area (Å²) in [5, 5.41) is 3.38. The molecule has 1 aromatic carbocycles. The maximum atomic E-state index is 12.5. The Labute approximate surface area is 123 Å². The van der Waals surface area contributed by atoms with E-state index in [9.17, 15) is 4.79 Å². The summed E-state index contributed by atoms with van der Waals surface area (Å²) in [6, 6.07) is 6.24. The Morgan fingerprint density at radius 2 is 1.90 bits per heavy atom. The van der Waals surface area contributed by atoms with Crippen LogP contribution in [0.4, 0.5) is 5.69 Å². The first-order chi connectivity index (χ1) is 9.54. The van der Waals surface area contributed by atoms with Gasteiger partial charge in [-0.3, -0.25) is 4.79 Å². The monoisotopic (exact) mass is 276 g/mol. The molecule has 3 nitrogen and oxygen atoms in total. The third kappa shape index (κ3) is 3.99. The van der Waals surface area contributed by atoms with Crippen LogP contribution in [0.25, 0.3) is 0 Å². The summed E-state index contributed by atoms with van der Waals surface area (Å²) in [5.74, 6) is 0.115. The Hall–Kier alpha value is -1.51. The van der Waals surface area contributed by atoms with E-state index in [4.69, 9.17) is 0 Å². The van der Waals surface area contributed by atoms with Crippen LogP contribution >= 0.6 is 0 Å². The average molecular weight is 276 g/mol. The minimum absolute atomic E-state index is 0.115. The van der Waals surface area contributed by atoms with Crippen molar-refractivity contribution >= 4 is 11.6 Å². The molecular formula is C17H28N2O. The maximum Gasteiger partial charge on any atom is 0.253 e. The van der Waals surface area contributed by atoms with Crippen molar-refractivity contribution in [3.05, 3.63) is 29.3 Å². The van der Waals surface area contributed by atoms with Gasteiger partial charge in [0, 0.05) is 30.9 Å². The zero-order valence-electron chi connectivity index (χ0n) is 13.5. The molecule has 0 saturated heterocycles. The van der Waals surface area contributed by atoms with Crippen LogP contribution < -0.4 is 5.32 Å². The Morgan fingerprint density at radius 3 is 2.40 bits per heavy atom. The van der Waals surface area contributed by atoms with Gasteiger partial charge in [-0.2, -0.15) is 0 Å². The van der Waals surface area contributed by atoms with E-state index >= 15 is 0 Å². The molecule has 3 heteroatoms. The minimum atomic E-state index is 0.115. The van der Waals surface area contributed by atoms with E-state index in [1.807, 2.05) is 37.1 Å². The van der Waals surface area contributed by atoms with E-state index in [-0.39, 0.29) is 5.91 Å². The molecule has 0 aliphatic rings. The van der Waals surface area contributed by atoms with Crippen LogP contribution in [0.5, 0.6) is 0 Å². The number of hydrogen-bond acceptors (Lipinski definition) is 2. The molecule has 112 valence electrons. The number of nitrogens with zero attached hydrogens (tertiary/aromatic N) is 1. The molecular weight excluding hydrogens is 248 g/mol. The van der Waals surface area contributed by atoms with Crippen LogP contribution in [0.2, 0.25) is 0 Å². The lowest BCUT2D eigenvalue weighted by molar-refractivity contribution is 0.0723. The average Bonchev–Trinajstić information content (AvgIpc) is 2.46. The number of anilines is 1. The number of carbonyl (C=O) groups is 1. The molecule has 0 spiro atoms. The summed E-state index contributed by atoms with van der Waals surface area (Å²) in [6.45, 7) is 9.40. The van der Waals surface area contributed by atoms with Gasteiger partial charge in [0.25, 0.3) is 5.91 Å². The summed E-state index contributed by atoms with van der Waals surface area (Å²) in [5.41, 5.74) is 3.02. The Morgan fingerprint density at radius 1 is 1.25 bits per heavy atom. The number of hydrogen-bond donors (Lipinski definition) is 1. The van der Waals surface area contributed by atoms with Gasteiger partial charge in [0.2, 0.25) is 0 Å². The molecule has 0 heterocycles. The molecule has 20 heavy (non-hydrogen) atoms. The van der Waals surface area contributed by atoms with E-state index in [0.717, 1.165) is 42.6 Å². The lowest BCUT2D eigenvalue weighted by Gasteiger charge is -2.26. The highest BCUT2D eigenvalue weighted by molar-refractivity contribution is 5.95. The number of rotatable bonds is 7. The molecule has 1 amide bonds. The second-order valence-corrected chi connectivity index (χ2v) is 5.34. The van der Waals surface area contributed by atoms with Gasteiger partial charge in [-0.1, -0.05) is 20.8 Å². The first-order valence-corrected chi connectivity index (χ1v) is 7.66. The van der Waals surface area contributed by atoms with Crippen molar-refractivity contribution in [1.82, 2.24) is 4.90 Å². The number of carbonyl (C=O) groups excluding carboxylic acids is 1. The Balaban J connectivity index is 2.86. The van der Waals surface area contributed by atoms with Crippen LogP contribution in [0.15, 0.2) is 18.2 Å². The molecule has 1 aromatic rings. The van der Waals surface area contributed by atoms with Gasteiger partial charge in [0.1, 0.15) is 0 Å². The predicted molar refractivity (Wildman–Crippen MR) is 86.4 cm³/mol. The minimum Gasteiger partial charge on any atom is -0.385 e. The smallest absolute Gasteiger partial charge is 0.253 e. The third-order valence-corrected chi connectivity index (χ3v) is 3.85. The quantitative estimate of drug-likeness (QED) is 0.814. The normalized spacial score (nSPS) is 10.7. The van der Waals surface area contributed by atoms with Crippen molar-refractivity contribution in [3.8, 4) is 0 Å². The summed E-state index contributed by atoms with van der Waals surface area (Å²) < 4.78 is 0. The lowest BCUT2D eigenvalue weighted by Crippen LogP contribution is -2.36. The number of nitrogens with one attached hydrogen (secondary N) is 1. The second kappa shape index (κ2) is 7.93. The Bertz CT molecular complexity index is 439. The molecule has 1 rings (SSSR count). The van der Waals surface area contributed by atoms with E-state index in [1.165, 1.54) is 0 Å². The van der Waals surface area contributed by atoms with Crippen LogP contribution in [-0.4, -0.2) is 30.4 Å². The molecule has 0 aliphatic carbocycles. The second-order valence-electron chi connectivity index (χ2n) is 5.34. The summed E-state index contributed by atoms with van der Waals surface area (Å²) in [4.78, 5) is 14.4. The molecule has 0 aromatic heterocycles. The number of benzene rings is 1. The highest BCUT2D eigenvalue weighted by atomic mass is 16.2. The summed E-state index contributed by atoms with van der Waals surface area (Å²) in [6.07, 6.45) is 3.08. The summed E-state index contributed by atoms with van der Waals surface area (Å²) in [7, 11) is 1.90. The van der Waals surface area contributed by atoms with Gasteiger partial charge in [0.05, 0.1) is 0 Å². The standard InChI is InChI=1S/C17H28N2O/c1-6-11-18-16-10-9-14(12-13(16)4)17(20)19(5)15(7-2)8-3/h9-10,12,15,18H,6-8,11H2,1-5H3. The van der Waals surface area contributed by atoms with Gasteiger partial charge in [-0.15, -0.1) is 0 Å². The van der Waals surface area contributed by atoms with Gasteiger partial charge in [-0.25, -0.2) is 0 Å². The molecule has 0 unspecified atom stereocenters. The van der Waals surface area contributed by atoms with Crippen molar-refractivity contribution in [2.75, 3.05) is 18.9 Å². The fourth-order valence-electron chi connectivity index (χ4n) is 2.46. The first kappa shape index (κ1) is 16.5. The SMILES string of the molecule is CCCNc1ccc(C(=O)N(C)C(CC)CC)cc1C. The van der Waals surface area contributed by atoms with Gasteiger partial charge in [0.15, 0.2) is 0 Å². The zero-order chi connectivity index (χ0) is 15.1. The topological polar surface area (TPSA) is 32.3 Å². The highest BCUT2D eigenvalue weighted by Crippen LogP contribution is 2.19. The number of amides is 1. The van der Waals surface area contributed by atoms with Gasteiger partial charge in [-0.05, 0) is 49.9 Å². The van der Waals surface area contributed by atoms with Crippen molar-refractivity contribution in [2.24, 2.45) is 0 Å². The van der Waals surface area contributed by atoms with Gasteiger partial charge < -0.3 is 10.2 Å². The first-order valence-electron chi connectivity index (χ1n) is 7.66. The van der Waals surface area contributed by atoms with E-state index in [1.54, 1.807) is 0 Å². The van der Waals surface area contributed by atoms with Crippen molar-refractivity contribution in [1.29, 1.82) is 0 Å². The largest absolute Gasteiger partial charge is 0.385 e.